The zero-order valence-corrected chi connectivity index (χ0v) is 14.0. The molecular weight excluding hydrogens is 304 g/mol. The number of imidazole rings is 1. The molecule has 6 nitrogen and oxygen atoms in total. The SMILES string of the molecule is CC(=O)N1CCN(Cc2ncc[nH]2)C[C@@H](COc2ccccc2)C1. The highest BCUT2D eigenvalue weighted by atomic mass is 16.5. The lowest BCUT2D eigenvalue weighted by atomic mass is 10.1. The predicted octanol–water partition coefficient (Wildman–Crippen LogP) is 1.77. The van der Waals surface area contributed by atoms with Crippen molar-refractivity contribution in [1.29, 1.82) is 0 Å². The van der Waals surface area contributed by atoms with E-state index in [9.17, 15) is 4.79 Å². The van der Waals surface area contributed by atoms with Gasteiger partial charge < -0.3 is 14.6 Å². The van der Waals surface area contributed by atoms with E-state index in [-0.39, 0.29) is 11.8 Å². The summed E-state index contributed by atoms with van der Waals surface area (Å²) < 4.78 is 5.92. The quantitative estimate of drug-likeness (QED) is 0.909. The molecule has 3 rings (SSSR count). The Bertz CT molecular complexity index is 630. The molecule has 1 fully saturated rings. The summed E-state index contributed by atoms with van der Waals surface area (Å²) >= 11 is 0. The summed E-state index contributed by atoms with van der Waals surface area (Å²) in [6, 6.07) is 9.82. The standard InChI is InChI=1S/C18H24N4O2/c1-15(23)22-10-9-21(13-18-19-7-8-20-18)11-16(12-22)14-24-17-5-3-2-4-6-17/h2-8,16H,9-14H2,1H3,(H,19,20)/t16-/m1/s1. The number of benzene rings is 1. The summed E-state index contributed by atoms with van der Waals surface area (Å²) in [7, 11) is 0. The van der Waals surface area contributed by atoms with Gasteiger partial charge in [-0.05, 0) is 12.1 Å². The number of carbonyl (C=O) groups is 1. The minimum Gasteiger partial charge on any atom is -0.493 e. The van der Waals surface area contributed by atoms with E-state index >= 15 is 0 Å². The van der Waals surface area contributed by atoms with E-state index in [2.05, 4.69) is 14.9 Å². The Balaban J connectivity index is 1.63. The van der Waals surface area contributed by atoms with Crippen molar-refractivity contribution < 1.29 is 9.53 Å². The number of hydrogen-bond donors (Lipinski definition) is 1. The Morgan fingerprint density at radius 2 is 2.12 bits per heavy atom. The van der Waals surface area contributed by atoms with E-state index < -0.39 is 0 Å². The molecule has 2 heterocycles. The summed E-state index contributed by atoms with van der Waals surface area (Å²) in [5.41, 5.74) is 0. The second kappa shape index (κ2) is 7.97. The van der Waals surface area contributed by atoms with Gasteiger partial charge in [0.1, 0.15) is 11.6 Å². The van der Waals surface area contributed by atoms with Crippen LogP contribution < -0.4 is 4.74 Å². The van der Waals surface area contributed by atoms with Crippen LogP contribution in [0.15, 0.2) is 42.7 Å². The molecule has 0 spiro atoms. The summed E-state index contributed by atoms with van der Waals surface area (Å²) in [5, 5.41) is 0. The lowest BCUT2D eigenvalue weighted by Gasteiger charge is -2.23. The van der Waals surface area contributed by atoms with Crippen LogP contribution in [0.1, 0.15) is 12.7 Å². The number of amides is 1. The smallest absolute Gasteiger partial charge is 0.219 e. The first-order chi connectivity index (χ1) is 11.7. The number of hydrogen-bond acceptors (Lipinski definition) is 4. The Hall–Kier alpha value is -2.34. The van der Waals surface area contributed by atoms with Crippen molar-refractivity contribution in [3.63, 3.8) is 0 Å². The number of carbonyl (C=O) groups excluding carboxylic acids is 1. The maximum atomic E-state index is 11.8. The number of para-hydroxylation sites is 1. The van der Waals surface area contributed by atoms with Gasteiger partial charge in [-0.15, -0.1) is 0 Å². The van der Waals surface area contributed by atoms with Crippen LogP contribution in [-0.2, 0) is 11.3 Å². The van der Waals surface area contributed by atoms with E-state index in [4.69, 9.17) is 4.74 Å². The predicted molar refractivity (Wildman–Crippen MR) is 91.5 cm³/mol. The molecule has 0 aliphatic carbocycles. The molecule has 1 aliphatic heterocycles. The molecule has 6 heteroatoms. The van der Waals surface area contributed by atoms with E-state index in [1.807, 2.05) is 41.4 Å². The first-order valence-electron chi connectivity index (χ1n) is 8.34. The Labute approximate surface area is 142 Å². The third-order valence-corrected chi connectivity index (χ3v) is 4.28. The minimum absolute atomic E-state index is 0.125. The normalized spacial score (nSPS) is 19.0. The van der Waals surface area contributed by atoms with Gasteiger partial charge in [0.25, 0.3) is 0 Å². The molecule has 1 aromatic heterocycles. The molecule has 0 saturated carbocycles. The van der Waals surface area contributed by atoms with E-state index in [0.717, 1.165) is 44.3 Å². The molecule has 1 saturated heterocycles. The van der Waals surface area contributed by atoms with Gasteiger partial charge in [0.15, 0.2) is 0 Å². The second-order valence-electron chi connectivity index (χ2n) is 6.23. The fraction of sp³-hybridized carbons (Fsp3) is 0.444. The highest BCUT2D eigenvalue weighted by Gasteiger charge is 2.25. The van der Waals surface area contributed by atoms with Crippen LogP contribution in [0.5, 0.6) is 5.75 Å². The van der Waals surface area contributed by atoms with Crippen LogP contribution >= 0.6 is 0 Å². The van der Waals surface area contributed by atoms with Gasteiger partial charge in [-0.25, -0.2) is 4.98 Å². The molecule has 24 heavy (non-hydrogen) atoms. The molecule has 2 aromatic rings. The molecule has 0 unspecified atom stereocenters. The van der Waals surface area contributed by atoms with E-state index in [1.54, 1.807) is 13.1 Å². The molecule has 0 bridgehead atoms. The first kappa shape index (κ1) is 16.5. The third-order valence-electron chi connectivity index (χ3n) is 4.28. The number of rotatable bonds is 5. The number of nitrogens with zero attached hydrogens (tertiary/aromatic N) is 3. The van der Waals surface area contributed by atoms with Gasteiger partial charge in [0.05, 0.1) is 13.2 Å². The van der Waals surface area contributed by atoms with E-state index in [1.165, 1.54) is 0 Å². The van der Waals surface area contributed by atoms with Gasteiger partial charge in [-0.3, -0.25) is 9.69 Å². The lowest BCUT2D eigenvalue weighted by Crippen LogP contribution is -2.35. The molecule has 1 aromatic carbocycles. The summed E-state index contributed by atoms with van der Waals surface area (Å²) in [4.78, 5) is 23.5. The van der Waals surface area contributed by atoms with Crippen molar-refractivity contribution in [3.8, 4) is 5.75 Å². The number of aromatic nitrogens is 2. The van der Waals surface area contributed by atoms with Crippen molar-refractivity contribution >= 4 is 5.91 Å². The number of H-pyrrole nitrogens is 1. The maximum Gasteiger partial charge on any atom is 0.219 e. The largest absolute Gasteiger partial charge is 0.493 e. The first-order valence-corrected chi connectivity index (χ1v) is 8.34. The molecule has 1 N–H and O–H groups in total. The summed E-state index contributed by atoms with van der Waals surface area (Å²) in [5.74, 6) is 2.22. The fourth-order valence-corrected chi connectivity index (χ4v) is 3.04. The minimum atomic E-state index is 0.125. The van der Waals surface area contributed by atoms with Crippen LogP contribution in [-0.4, -0.2) is 58.5 Å². The number of ether oxygens (including phenoxy) is 1. The van der Waals surface area contributed by atoms with Gasteiger partial charge in [0.2, 0.25) is 5.91 Å². The van der Waals surface area contributed by atoms with Crippen molar-refractivity contribution in [1.82, 2.24) is 19.8 Å². The molecule has 1 amide bonds. The van der Waals surface area contributed by atoms with Crippen molar-refractivity contribution in [2.24, 2.45) is 5.92 Å². The molecule has 128 valence electrons. The highest BCUT2D eigenvalue weighted by molar-refractivity contribution is 5.73. The average molecular weight is 328 g/mol. The van der Waals surface area contributed by atoms with Crippen molar-refractivity contribution in [2.75, 3.05) is 32.8 Å². The Morgan fingerprint density at radius 1 is 1.29 bits per heavy atom. The highest BCUT2D eigenvalue weighted by Crippen LogP contribution is 2.15. The summed E-state index contributed by atoms with van der Waals surface area (Å²) in [6.45, 7) is 6.22. The van der Waals surface area contributed by atoms with Crippen LogP contribution in [0.4, 0.5) is 0 Å². The van der Waals surface area contributed by atoms with Gasteiger partial charge in [-0.1, -0.05) is 18.2 Å². The molecule has 1 atom stereocenters. The lowest BCUT2D eigenvalue weighted by molar-refractivity contribution is -0.129. The second-order valence-corrected chi connectivity index (χ2v) is 6.23. The monoisotopic (exact) mass is 328 g/mol. The van der Waals surface area contributed by atoms with Gasteiger partial charge in [-0.2, -0.15) is 0 Å². The molecule has 1 aliphatic rings. The zero-order valence-electron chi connectivity index (χ0n) is 14.0. The van der Waals surface area contributed by atoms with Crippen LogP contribution in [0.2, 0.25) is 0 Å². The van der Waals surface area contributed by atoms with E-state index in [0.29, 0.717) is 6.61 Å². The van der Waals surface area contributed by atoms with Gasteiger partial charge >= 0.3 is 0 Å². The third kappa shape index (κ3) is 4.58. The van der Waals surface area contributed by atoms with Gasteiger partial charge in [0, 0.05) is 51.4 Å². The number of aromatic amines is 1. The summed E-state index contributed by atoms with van der Waals surface area (Å²) in [6.07, 6.45) is 3.61. The van der Waals surface area contributed by atoms with Crippen LogP contribution in [0.25, 0.3) is 0 Å². The fourth-order valence-electron chi connectivity index (χ4n) is 3.04. The van der Waals surface area contributed by atoms with Crippen LogP contribution in [0.3, 0.4) is 0 Å². The zero-order chi connectivity index (χ0) is 16.8. The van der Waals surface area contributed by atoms with Crippen molar-refractivity contribution in [3.05, 3.63) is 48.5 Å². The number of nitrogens with one attached hydrogen (secondary N) is 1. The van der Waals surface area contributed by atoms with Crippen LogP contribution in [0, 0.1) is 5.92 Å². The van der Waals surface area contributed by atoms with Crippen molar-refractivity contribution in [2.45, 2.75) is 13.5 Å². The maximum absolute atomic E-state index is 11.8. The Morgan fingerprint density at radius 3 is 2.83 bits per heavy atom. The molecular formula is C18H24N4O2. The molecule has 0 radical (unpaired) electrons. The average Bonchev–Trinajstić information content (AvgIpc) is 3.00. The Kier molecular flexibility index (Phi) is 5.48. The topological polar surface area (TPSA) is 61.5 Å².